The molecule has 0 saturated carbocycles. The molecule has 0 atom stereocenters. The summed E-state index contributed by atoms with van der Waals surface area (Å²) in [6.45, 7) is 9.52. The van der Waals surface area contributed by atoms with E-state index in [0.29, 0.717) is 25.1 Å². The lowest BCUT2D eigenvalue weighted by Gasteiger charge is -2.49. The minimum Gasteiger partial charge on any atom is -0.481 e. The molecule has 0 spiro atoms. The van der Waals surface area contributed by atoms with Crippen LogP contribution >= 0.6 is 0 Å². The number of carbonyl (C=O) groups excluding carboxylic acids is 2. The minimum absolute atomic E-state index is 0.144. The molecular formula is C33H35NO3. The second kappa shape index (κ2) is 9.38. The summed E-state index contributed by atoms with van der Waals surface area (Å²) in [5, 5.41) is 0. The molecule has 0 N–H and O–H groups in total. The molecule has 3 aliphatic rings. The van der Waals surface area contributed by atoms with E-state index in [2.05, 4.69) is 50.6 Å². The lowest BCUT2D eigenvalue weighted by molar-refractivity contribution is -0.119. The van der Waals surface area contributed by atoms with Gasteiger partial charge < -0.3 is 9.64 Å². The lowest BCUT2D eigenvalue weighted by Crippen LogP contribution is -2.44. The first-order chi connectivity index (χ1) is 17.6. The summed E-state index contributed by atoms with van der Waals surface area (Å²) in [4.78, 5) is 30.1. The molecule has 2 aromatic carbocycles. The first kappa shape index (κ1) is 25.1. The van der Waals surface area contributed by atoms with E-state index >= 15 is 0 Å². The monoisotopic (exact) mass is 493 g/mol. The van der Waals surface area contributed by atoms with Crippen molar-refractivity contribution in [3.05, 3.63) is 88.3 Å². The number of benzene rings is 2. The largest absolute Gasteiger partial charge is 0.481 e. The molecule has 4 heteroatoms. The molecule has 2 aromatic rings. The van der Waals surface area contributed by atoms with Crippen molar-refractivity contribution in [1.82, 2.24) is 4.90 Å². The first-order valence-corrected chi connectivity index (χ1v) is 13.1. The zero-order chi connectivity index (χ0) is 26.4. The van der Waals surface area contributed by atoms with Gasteiger partial charge in [0.1, 0.15) is 12.4 Å². The van der Waals surface area contributed by atoms with Crippen LogP contribution in [0.3, 0.4) is 0 Å². The van der Waals surface area contributed by atoms with Crippen molar-refractivity contribution in [3.63, 3.8) is 0 Å². The molecule has 190 valence electrons. The first-order valence-electron chi connectivity index (χ1n) is 13.1. The Balaban J connectivity index is 1.70. The number of ether oxygens (including phenoxy) is 1. The predicted octanol–water partition coefficient (Wildman–Crippen LogP) is 6.58. The maximum atomic E-state index is 13.9. The van der Waals surface area contributed by atoms with Crippen molar-refractivity contribution >= 4 is 11.6 Å². The molecule has 0 radical (unpaired) electrons. The average molecular weight is 494 g/mol. The summed E-state index contributed by atoms with van der Waals surface area (Å²) in [7, 11) is 0. The summed E-state index contributed by atoms with van der Waals surface area (Å²) >= 11 is 0. The number of terminal acetylenes is 1. The maximum Gasteiger partial charge on any atom is 0.162 e. The average Bonchev–Trinajstić information content (AvgIpc) is 2.83. The van der Waals surface area contributed by atoms with Gasteiger partial charge in [0.15, 0.2) is 11.6 Å². The van der Waals surface area contributed by atoms with E-state index in [9.17, 15) is 9.59 Å². The smallest absolute Gasteiger partial charge is 0.162 e. The van der Waals surface area contributed by atoms with Gasteiger partial charge >= 0.3 is 0 Å². The van der Waals surface area contributed by atoms with Crippen LogP contribution in [0.25, 0.3) is 0 Å². The SMILES string of the molecule is C#CCOc1ccc(C2C3=C(CC(C)(C)CC3=O)N(Cc3ccccc3)C3=C2C(=O)CC(C)(C)C3)cc1. The fraction of sp³-hybridized carbons (Fsp3) is 0.394. The number of hydrogen-bond donors (Lipinski definition) is 0. The topological polar surface area (TPSA) is 46.6 Å². The molecule has 0 aromatic heterocycles. The van der Waals surface area contributed by atoms with E-state index in [1.165, 1.54) is 5.56 Å². The molecular weight excluding hydrogens is 458 g/mol. The molecule has 2 aliphatic carbocycles. The molecule has 0 fully saturated rings. The Labute approximate surface area is 220 Å². The molecule has 0 bridgehead atoms. The van der Waals surface area contributed by atoms with Crippen molar-refractivity contribution in [2.75, 3.05) is 6.61 Å². The van der Waals surface area contributed by atoms with Gasteiger partial charge in [0.05, 0.1) is 0 Å². The Kier molecular flexibility index (Phi) is 6.36. The fourth-order valence-corrected chi connectivity index (χ4v) is 6.22. The van der Waals surface area contributed by atoms with Gasteiger partial charge in [0, 0.05) is 47.8 Å². The maximum absolute atomic E-state index is 13.9. The van der Waals surface area contributed by atoms with Gasteiger partial charge in [0.25, 0.3) is 0 Å². The summed E-state index contributed by atoms with van der Waals surface area (Å²) < 4.78 is 5.59. The molecule has 4 nitrogen and oxygen atoms in total. The number of Topliss-reactive ketones (excluding diaryl/α,β-unsaturated/α-hetero) is 2. The second-order valence-corrected chi connectivity index (χ2v) is 12.2. The Hall–Kier alpha value is -3.58. The Bertz CT molecular complexity index is 1280. The Morgan fingerprint density at radius 3 is 1.89 bits per heavy atom. The van der Waals surface area contributed by atoms with Crippen LogP contribution in [-0.2, 0) is 16.1 Å². The standard InChI is InChI=1S/C33H35NO3/c1-6-16-37-24-14-12-23(13-15-24)29-30-25(17-32(2,3)19-27(30)35)34(21-22-10-8-7-9-11-22)26-18-33(4,5)20-28(36)31(26)29/h1,7-15,29H,16-21H2,2-5H3. The second-order valence-electron chi connectivity index (χ2n) is 12.2. The van der Waals surface area contributed by atoms with Gasteiger partial charge in [-0.15, -0.1) is 6.42 Å². The van der Waals surface area contributed by atoms with Crippen molar-refractivity contribution in [3.8, 4) is 18.1 Å². The van der Waals surface area contributed by atoms with Crippen LogP contribution in [-0.4, -0.2) is 23.1 Å². The number of carbonyl (C=O) groups is 2. The van der Waals surface area contributed by atoms with E-state index < -0.39 is 0 Å². The highest BCUT2D eigenvalue weighted by atomic mass is 16.5. The molecule has 1 aliphatic heterocycles. The fourth-order valence-electron chi connectivity index (χ4n) is 6.22. The third kappa shape index (κ3) is 4.88. The molecule has 0 amide bonds. The molecule has 5 rings (SSSR count). The van der Waals surface area contributed by atoms with Gasteiger partial charge in [-0.2, -0.15) is 0 Å². The highest BCUT2D eigenvalue weighted by molar-refractivity contribution is 6.06. The number of allylic oxidation sites excluding steroid dienone is 4. The van der Waals surface area contributed by atoms with Crippen LogP contribution in [0.5, 0.6) is 5.75 Å². The molecule has 0 unspecified atom stereocenters. The molecule has 1 heterocycles. The van der Waals surface area contributed by atoms with Crippen LogP contribution in [0.1, 0.15) is 70.4 Å². The van der Waals surface area contributed by atoms with E-state index in [4.69, 9.17) is 11.2 Å². The zero-order valence-corrected chi connectivity index (χ0v) is 22.3. The number of hydrogen-bond acceptors (Lipinski definition) is 4. The van der Waals surface area contributed by atoms with Crippen molar-refractivity contribution in [2.45, 2.75) is 65.8 Å². The predicted molar refractivity (Wildman–Crippen MR) is 146 cm³/mol. The number of ketones is 2. The molecule has 0 saturated heterocycles. The third-order valence-electron chi connectivity index (χ3n) is 7.74. The van der Waals surface area contributed by atoms with Crippen LogP contribution in [0.2, 0.25) is 0 Å². The van der Waals surface area contributed by atoms with Crippen molar-refractivity contribution in [2.24, 2.45) is 10.8 Å². The summed E-state index contributed by atoms with van der Waals surface area (Å²) in [6, 6.07) is 18.1. The van der Waals surface area contributed by atoms with E-state index in [1.54, 1.807) is 0 Å². The van der Waals surface area contributed by atoms with Crippen LogP contribution < -0.4 is 4.74 Å². The highest BCUT2D eigenvalue weighted by Gasteiger charge is 2.48. The van der Waals surface area contributed by atoms with Crippen LogP contribution in [0, 0.1) is 23.2 Å². The quantitative estimate of drug-likeness (QED) is 0.441. The normalized spacial score (nSPS) is 20.9. The van der Waals surface area contributed by atoms with Crippen molar-refractivity contribution in [1.29, 1.82) is 0 Å². The Morgan fingerprint density at radius 2 is 1.38 bits per heavy atom. The van der Waals surface area contributed by atoms with Gasteiger partial charge in [-0.05, 0) is 46.9 Å². The van der Waals surface area contributed by atoms with Gasteiger partial charge in [-0.3, -0.25) is 9.59 Å². The van der Waals surface area contributed by atoms with Gasteiger partial charge in [-0.1, -0.05) is 76.1 Å². The van der Waals surface area contributed by atoms with Gasteiger partial charge in [-0.25, -0.2) is 0 Å². The Morgan fingerprint density at radius 1 is 0.838 bits per heavy atom. The van der Waals surface area contributed by atoms with E-state index in [-0.39, 0.29) is 34.9 Å². The summed E-state index contributed by atoms with van der Waals surface area (Å²) in [5.41, 5.74) is 5.57. The minimum atomic E-state index is -0.356. The molecule has 37 heavy (non-hydrogen) atoms. The lowest BCUT2D eigenvalue weighted by atomic mass is 9.63. The van der Waals surface area contributed by atoms with Gasteiger partial charge in [0.2, 0.25) is 0 Å². The van der Waals surface area contributed by atoms with Crippen molar-refractivity contribution < 1.29 is 14.3 Å². The third-order valence-corrected chi connectivity index (χ3v) is 7.74. The summed E-state index contributed by atoms with van der Waals surface area (Å²) in [5.74, 6) is 3.10. The van der Waals surface area contributed by atoms with E-state index in [0.717, 1.165) is 40.9 Å². The van der Waals surface area contributed by atoms with Crippen LogP contribution in [0.4, 0.5) is 0 Å². The summed E-state index contributed by atoms with van der Waals surface area (Å²) in [6.07, 6.45) is 7.90. The van der Waals surface area contributed by atoms with E-state index in [1.807, 2.05) is 42.5 Å². The van der Waals surface area contributed by atoms with Crippen LogP contribution in [0.15, 0.2) is 77.1 Å². The zero-order valence-electron chi connectivity index (χ0n) is 22.3. The number of rotatable bonds is 5. The number of nitrogens with zero attached hydrogens (tertiary/aromatic N) is 1. The highest BCUT2D eigenvalue weighted by Crippen LogP contribution is 2.54.